The number of hydrogen-bond donors (Lipinski definition) is 2. The van der Waals surface area contributed by atoms with Crippen molar-refractivity contribution < 1.29 is 13.5 Å². The first-order chi connectivity index (χ1) is 8.71. The van der Waals surface area contributed by atoms with Gasteiger partial charge in [-0.15, -0.1) is 0 Å². The zero-order valence-corrected chi connectivity index (χ0v) is 12.0. The Balaban J connectivity index is 2.46. The van der Waals surface area contributed by atoms with E-state index in [1.165, 1.54) is 18.2 Å². The molecule has 19 heavy (non-hydrogen) atoms. The molecular weight excluding hydrogens is 290 g/mol. The number of aliphatic hydroxyl groups is 1. The van der Waals surface area contributed by atoms with Crippen molar-refractivity contribution in [2.24, 2.45) is 0 Å². The van der Waals surface area contributed by atoms with Gasteiger partial charge in [0, 0.05) is 12.7 Å². The van der Waals surface area contributed by atoms with Gasteiger partial charge >= 0.3 is 0 Å². The van der Waals surface area contributed by atoms with E-state index in [9.17, 15) is 13.5 Å². The Morgan fingerprint density at radius 3 is 2.79 bits per heavy atom. The van der Waals surface area contributed by atoms with Crippen LogP contribution in [0.15, 0.2) is 29.4 Å². The van der Waals surface area contributed by atoms with Gasteiger partial charge in [0.25, 0.3) is 10.0 Å². The van der Waals surface area contributed by atoms with E-state index in [1.807, 2.05) is 0 Å². The van der Waals surface area contributed by atoms with Crippen LogP contribution in [-0.2, 0) is 10.0 Å². The first-order valence-electron chi connectivity index (χ1n) is 5.55. The minimum absolute atomic E-state index is 0.102. The smallest absolute Gasteiger partial charge is 0.259 e. The molecule has 2 heterocycles. The molecule has 2 aromatic rings. The minimum atomic E-state index is -3.85. The molecule has 2 rings (SSSR count). The highest BCUT2D eigenvalue weighted by Gasteiger charge is 2.26. The Labute approximate surface area is 116 Å². The molecule has 0 fully saturated rings. The van der Waals surface area contributed by atoms with Crippen LogP contribution < -0.4 is 4.72 Å². The third-order valence-electron chi connectivity index (χ3n) is 2.40. The molecule has 104 valence electrons. The maximum absolute atomic E-state index is 12.2. The van der Waals surface area contributed by atoms with Crippen LogP contribution >= 0.6 is 11.6 Å². The summed E-state index contributed by atoms with van der Waals surface area (Å²) in [6.45, 7) is 2.89. The third kappa shape index (κ3) is 3.06. The van der Waals surface area contributed by atoms with Gasteiger partial charge in [-0.25, -0.2) is 18.1 Å². The van der Waals surface area contributed by atoms with Gasteiger partial charge in [-0.05, 0) is 26.0 Å². The molecule has 0 bridgehead atoms. The molecule has 8 heteroatoms. The number of aromatic nitrogens is 2. The molecule has 0 amide bonds. The highest BCUT2D eigenvalue weighted by Crippen LogP contribution is 2.22. The fraction of sp³-hybridized carbons (Fsp3) is 0.364. The molecule has 0 aliphatic carbocycles. The zero-order chi connectivity index (χ0) is 14.3. The number of nitrogens with zero attached hydrogens (tertiary/aromatic N) is 2. The van der Waals surface area contributed by atoms with Crippen LogP contribution in [0, 0.1) is 0 Å². The summed E-state index contributed by atoms with van der Waals surface area (Å²) >= 11 is 5.89. The van der Waals surface area contributed by atoms with Crippen molar-refractivity contribution in [3.63, 3.8) is 0 Å². The molecule has 6 nitrogen and oxygen atoms in total. The van der Waals surface area contributed by atoms with Crippen LogP contribution in [0.25, 0.3) is 5.65 Å². The van der Waals surface area contributed by atoms with Crippen molar-refractivity contribution in [2.75, 3.05) is 6.54 Å². The van der Waals surface area contributed by atoms with Gasteiger partial charge in [0.1, 0.15) is 5.65 Å². The summed E-state index contributed by atoms with van der Waals surface area (Å²) in [5.74, 6) is 0. The molecule has 0 saturated heterocycles. The molecule has 0 atom stereocenters. The van der Waals surface area contributed by atoms with Crippen LogP contribution in [0.4, 0.5) is 0 Å². The molecule has 0 unspecified atom stereocenters. The van der Waals surface area contributed by atoms with Crippen LogP contribution in [0.5, 0.6) is 0 Å². The first-order valence-corrected chi connectivity index (χ1v) is 7.41. The van der Waals surface area contributed by atoms with Crippen molar-refractivity contribution in [1.82, 2.24) is 14.1 Å². The molecule has 2 N–H and O–H groups in total. The monoisotopic (exact) mass is 303 g/mol. The number of imidazole rings is 1. The average Bonchev–Trinajstić information content (AvgIpc) is 2.62. The second kappa shape index (κ2) is 4.75. The number of hydrogen-bond acceptors (Lipinski definition) is 4. The Kier molecular flexibility index (Phi) is 3.57. The fourth-order valence-electron chi connectivity index (χ4n) is 1.53. The maximum atomic E-state index is 12.2. The van der Waals surface area contributed by atoms with Gasteiger partial charge in [-0.2, -0.15) is 0 Å². The van der Waals surface area contributed by atoms with Gasteiger partial charge in [0.15, 0.2) is 10.2 Å². The summed E-state index contributed by atoms with van der Waals surface area (Å²) < 4.78 is 28.1. The Morgan fingerprint density at radius 2 is 2.16 bits per heavy atom. The Hall–Kier alpha value is -1.15. The van der Waals surface area contributed by atoms with Crippen molar-refractivity contribution >= 4 is 27.3 Å². The van der Waals surface area contributed by atoms with Gasteiger partial charge in [-0.1, -0.05) is 17.7 Å². The second-order valence-electron chi connectivity index (χ2n) is 4.77. The van der Waals surface area contributed by atoms with Gasteiger partial charge in [0.2, 0.25) is 0 Å². The van der Waals surface area contributed by atoms with Crippen LogP contribution in [0.1, 0.15) is 13.8 Å². The van der Waals surface area contributed by atoms with Crippen molar-refractivity contribution in [1.29, 1.82) is 0 Å². The van der Waals surface area contributed by atoms with Crippen molar-refractivity contribution in [3.05, 3.63) is 29.5 Å². The molecule has 0 spiro atoms. The SMILES string of the molecule is CC(C)(O)CNS(=O)(=O)c1c(Cl)nc2ccccn12. The number of halogens is 1. The lowest BCUT2D eigenvalue weighted by Gasteiger charge is -2.17. The summed E-state index contributed by atoms with van der Waals surface area (Å²) in [5, 5.41) is 9.35. The lowest BCUT2D eigenvalue weighted by molar-refractivity contribution is 0.0857. The molecule has 0 radical (unpaired) electrons. The molecular formula is C11H14ClN3O3S. The number of pyridine rings is 1. The van der Waals surface area contributed by atoms with E-state index in [0.717, 1.165) is 0 Å². The predicted octanol–water partition coefficient (Wildman–Crippen LogP) is 1.04. The summed E-state index contributed by atoms with van der Waals surface area (Å²) in [4.78, 5) is 3.97. The average molecular weight is 304 g/mol. The fourth-order valence-corrected chi connectivity index (χ4v) is 3.37. The van der Waals surface area contributed by atoms with E-state index in [-0.39, 0.29) is 16.7 Å². The van der Waals surface area contributed by atoms with Gasteiger partial charge in [-0.3, -0.25) is 4.40 Å². The Bertz CT molecular complexity index is 704. The summed E-state index contributed by atoms with van der Waals surface area (Å²) in [5.41, 5.74) is -0.712. The molecule has 0 aliphatic heterocycles. The lowest BCUT2D eigenvalue weighted by atomic mass is 10.1. The quantitative estimate of drug-likeness (QED) is 0.884. The molecule has 0 saturated carbocycles. The molecule has 0 aliphatic rings. The number of nitrogens with one attached hydrogen (secondary N) is 1. The number of rotatable bonds is 4. The van der Waals surface area contributed by atoms with Crippen LogP contribution in [0.3, 0.4) is 0 Å². The summed E-state index contributed by atoms with van der Waals surface area (Å²) in [6, 6.07) is 5.07. The second-order valence-corrected chi connectivity index (χ2v) is 6.81. The van der Waals surface area contributed by atoms with Crippen LogP contribution in [0.2, 0.25) is 5.15 Å². The van der Waals surface area contributed by atoms with E-state index in [4.69, 9.17) is 11.6 Å². The van der Waals surface area contributed by atoms with Gasteiger partial charge < -0.3 is 5.11 Å². The maximum Gasteiger partial charge on any atom is 0.259 e. The zero-order valence-electron chi connectivity index (χ0n) is 10.5. The van der Waals surface area contributed by atoms with Crippen molar-refractivity contribution in [3.8, 4) is 0 Å². The largest absolute Gasteiger partial charge is 0.389 e. The van der Waals surface area contributed by atoms with E-state index < -0.39 is 15.6 Å². The van der Waals surface area contributed by atoms with Gasteiger partial charge in [0.05, 0.1) is 5.60 Å². The highest BCUT2D eigenvalue weighted by molar-refractivity contribution is 7.89. The lowest BCUT2D eigenvalue weighted by Crippen LogP contribution is -2.38. The van der Waals surface area contributed by atoms with Crippen LogP contribution in [-0.4, -0.2) is 35.1 Å². The minimum Gasteiger partial charge on any atom is -0.389 e. The highest BCUT2D eigenvalue weighted by atomic mass is 35.5. The topological polar surface area (TPSA) is 83.7 Å². The van der Waals surface area contributed by atoms with E-state index >= 15 is 0 Å². The summed E-state index contributed by atoms with van der Waals surface area (Å²) in [7, 11) is -3.85. The summed E-state index contributed by atoms with van der Waals surface area (Å²) in [6.07, 6.45) is 1.56. The van der Waals surface area contributed by atoms with E-state index in [0.29, 0.717) is 5.65 Å². The molecule has 0 aromatic carbocycles. The van der Waals surface area contributed by atoms with Crippen molar-refractivity contribution in [2.45, 2.75) is 24.5 Å². The third-order valence-corrected chi connectivity index (χ3v) is 4.19. The standard InChI is InChI=1S/C11H14ClN3O3S/c1-11(2,16)7-13-19(17,18)10-9(12)14-8-5-3-4-6-15(8)10/h3-6,13,16H,7H2,1-2H3. The van der Waals surface area contributed by atoms with E-state index in [2.05, 4.69) is 9.71 Å². The number of fused-ring (bicyclic) bond motifs is 1. The normalized spacial score (nSPS) is 13.1. The Morgan fingerprint density at radius 1 is 1.47 bits per heavy atom. The van der Waals surface area contributed by atoms with E-state index in [1.54, 1.807) is 24.4 Å². The predicted molar refractivity (Wildman–Crippen MR) is 71.7 cm³/mol. The first kappa shape index (κ1) is 14.3. The number of sulfonamides is 1. The molecule has 2 aromatic heterocycles.